The molecule has 0 radical (unpaired) electrons. The first-order valence-corrected chi connectivity index (χ1v) is 5.57. The molecule has 0 aromatic rings. The quantitative estimate of drug-likeness (QED) is 0.607. The van der Waals surface area contributed by atoms with Crippen molar-refractivity contribution >= 4 is 5.91 Å². The van der Waals surface area contributed by atoms with Gasteiger partial charge >= 0.3 is 0 Å². The van der Waals surface area contributed by atoms with Crippen LogP contribution in [0.2, 0.25) is 0 Å². The van der Waals surface area contributed by atoms with Gasteiger partial charge < -0.3 is 15.8 Å². The average molecular weight is 215 g/mol. The Morgan fingerprint density at radius 2 is 2.47 bits per heavy atom. The smallest absolute Gasteiger partial charge is 0.234 e. The predicted molar refractivity (Wildman–Crippen MR) is 58.5 cm³/mol. The molecule has 0 aromatic carbocycles. The van der Waals surface area contributed by atoms with E-state index in [9.17, 15) is 4.79 Å². The van der Waals surface area contributed by atoms with Crippen molar-refractivity contribution in [2.75, 3.05) is 39.3 Å². The number of amides is 1. The van der Waals surface area contributed by atoms with Gasteiger partial charge in [0.2, 0.25) is 5.91 Å². The minimum Gasteiger partial charge on any atom is -0.377 e. The van der Waals surface area contributed by atoms with Crippen LogP contribution in [0.15, 0.2) is 0 Å². The maximum absolute atomic E-state index is 11.1. The summed E-state index contributed by atoms with van der Waals surface area (Å²) in [6.45, 7) is 6.28. The molecule has 0 aliphatic carbocycles. The van der Waals surface area contributed by atoms with Crippen LogP contribution >= 0.6 is 0 Å². The third-order valence-electron chi connectivity index (χ3n) is 2.55. The summed E-state index contributed by atoms with van der Waals surface area (Å²) in [5.41, 5.74) is 5.58. The summed E-state index contributed by atoms with van der Waals surface area (Å²) in [4.78, 5) is 13.2. The number of nitrogens with one attached hydrogen (secondary N) is 1. The Hall–Kier alpha value is -0.650. The fourth-order valence-electron chi connectivity index (χ4n) is 1.71. The standard InChI is InChI=1S/C10H21N3O2/c1-2-15-9(7-11)3-5-13-6-4-12-10(14)8-13/h9H,2-8,11H2,1H3,(H,12,14). The van der Waals surface area contributed by atoms with E-state index in [-0.39, 0.29) is 12.0 Å². The van der Waals surface area contributed by atoms with Crippen molar-refractivity contribution in [2.24, 2.45) is 5.73 Å². The summed E-state index contributed by atoms with van der Waals surface area (Å²) >= 11 is 0. The van der Waals surface area contributed by atoms with Gasteiger partial charge in [0.05, 0.1) is 12.6 Å². The monoisotopic (exact) mass is 215 g/mol. The van der Waals surface area contributed by atoms with Crippen molar-refractivity contribution in [2.45, 2.75) is 19.4 Å². The lowest BCUT2D eigenvalue weighted by atomic mass is 10.2. The molecule has 1 aliphatic rings. The molecule has 15 heavy (non-hydrogen) atoms. The lowest BCUT2D eigenvalue weighted by molar-refractivity contribution is -0.124. The van der Waals surface area contributed by atoms with E-state index in [1.165, 1.54) is 0 Å². The maximum atomic E-state index is 11.1. The zero-order valence-electron chi connectivity index (χ0n) is 9.37. The molecule has 1 heterocycles. The van der Waals surface area contributed by atoms with Crippen LogP contribution in [0.1, 0.15) is 13.3 Å². The Kier molecular flexibility index (Phi) is 5.60. The molecule has 0 saturated carbocycles. The fraction of sp³-hybridized carbons (Fsp3) is 0.900. The minimum atomic E-state index is 0.113. The van der Waals surface area contributed by atoms with E-state index < -0.39 is 0 Å². The van der Waals surface area contributed by atoms with Gasteiger partial charge in [-0.2, -0.15) is 0 Å². The molecule has 1 fully saturated rings. The van der Waals surface area contributed by atoms with E-state index in [0.29, 0.717) is 19.7 Å². The van der Waals surface area contributed by atoms with E-state index in [0.717, 1.165) is 26.1 Å². The van der Waals surface area contributed by atoms with Gasteiger partial charge in [0.25, 0.3) is 0 Å². The molecule has 0 bridgehead atoms. The highest BCUT2D eigenvalue weighted by Gasteiger charge is 2.17. The third-order valence-corrected chi connectivity index (χ3v) is 2.55. The topological polar surface area (TPSA) is 67.6 Å². The Morgan fingerprint density at radius 3 is 3.07 bits per heavy atom. The van der Waals surface area contributed by atoms with E-state index in [1.54, 1.807) is 0 Å². The van der Waals surface area contributed by atoms with Gasteiger partial charge in [-0.25, -0.2) is 0 Å². The fourth-order valence-corrected chi connectivity index (χ4v) is 1.71. The van der Waals surface area contributed by atoms with Crippen molar-refractivity contribution in [3.05, 3.63) is 0 Å². The number of piperazine rings is 1. The van der Waals surface area contributed by atoms with Gasteiger partial charge in [0.15, 0.2) is 0 Å². The van der Waals surface area contributed by atoms with Gasteiger partial charge in [-0.3, -0.25) is 9.69 Å². The third kappa shape index (κ3) is 4.59. The summed E-state index contributed by atoms with van der Waals surface area (Å²) in [5, 5.41) is 2.80. The number of ether oxygens (including phenoxy) is 1. The number of carbonyl (C=O) groups is 1. The van der Waals surface area contributed by atoms with Crippen LogP contribution in [-0.2, 0) is 9.53 Å². The Morgan fingerprint density at radius 1 is 1.67 bits per heavy atom. The Balaban J connectivity index is 2.19. The van der Waals surface area contributed by atoms with Gasteiger partial charge in [-0.1, -0.05) is 0 Å². The minimum absolute atomic E-state index is 0.113. The molecule has 1 aliphatic heterocycles. The first-order chi connectivity index (χ1) is 7.26. The van der Waals surface area contributed by atoms with E-state index in [4.69, 9.17) is 10.5 Å². The number of carbonyl (C=O) groups excluding carboxylic acids is 1. The van der Waals surface area contributed by atoms with Gasteiger partial charge in [-0.15, -0.1) is 0 Å². The highest BCUT2D eigenvalue weighted by atomic mass is 16.5. The summed E-state index contributed by atoms with van der Waals surface area (Å²) in [5.74, 6) is 0.113. The predicted octanol–water partition coefficient (Wildman–Crippen LogP) is -0.828. The highest BCUT2D eigenvalue weighted by molar-refractivity contribution is 5.78. The summed E-state index contributed by atoms with van der Waals surface area (Å²) in [6.07, 6.45) is 1.03. The lowest BCUT2D eigenvalue weighted by Crippen LogP contribution is -2.48. The van der Waals surface area contributed by atoms with Crippen LogP contribution in [0.25, 0.3) is 0 Å². The zero-order valence-corrected chi connectivity index (χ0v) is 9.37. The number of hydrogen-bond donors (Lipinski definition) is 2. The lowest BCUT2D eigenvalue weighted by Gasteiger charge is -2.27. The molecule has 1 saturated heterocycles. The van der Waals surface area contributed by atoms with Crippen molar-refractivity contribution in [1.82, 2.24) is 10.2 Å². The zero-order chi connectivity index (χ0) is 11.1. The Labute approximate surface area is 90.9 Å². The van der Waals surface area contributed by atoms with Crippen molar-refractivity contribution < 1.29 is 9.53 Å². The molecule has 1 atom stereocenters. The second-order valence-electron chi connectivity index (χ2n) is 3.73. The van der Waals surface area contributed by atoms with Crippen molar-refractivity contribution in [3.63, 3.8) is 0 Å². The maximum Gasteiger partial charge on any atom is 0.234 e. The summed E-state index contributed by atoms with van der Waals surface area (Å²) < 4.78 is 5.46. The van der Waals surface area contributed by atoms with Crippen LogP contribution in [0.4, 0.5) is 0 Å². The molecule has 0 spiro atoms. The van der Waals surface area contributed by atoms with Gasteiger partial charge in [0, 0.05) is 32.8 Å². The molecule has 1 unspecified atom stereocenters. The van der Waals surface area contributed by atoms with Crippen LogP contribution in [0, 0.1) is 0 Å². The molecule has 3 N–H and O–H groups in total. The van der Waals surface area contributed by atoms with Gasteiger partial charge in [0.1, 0.15) is 0 Å². The average Bonchev–Trinajstić information content (AvgIpc) is 2.24. The van der Waals surface area contributed by atoms with Crippen LogP contribution in [0.3, 0.4) is 0 Å². The first kappa shape index (κ1) is 12.4. The molecular formula is C10H21N3O2. The first-order valence-electron chi connectivity index (χ1n) is 5.57. The molecule has 1 rings (SSSR count). The largest absolute Gasteiger partial charge is 0.377 e. The second-order valence-corrected chi connectivity index (χ2v) is 3.73. The van der Waals surface area contributed by atoms with Crippen molar-refractivity contribution in [3.8, 4) is 0 Å². The van der Waals surface area contributed by atoms with E-state index in [1.807, 2.05) is 6.92 Å². The summed E-state index contributed by atoms with van der Waals surface area (Å²) in [6, 6.07) is 0. The normalized spacial score (nSPS) is 20.0. The van der Waals surface area contributed by atoms with Crippen molar-refractivity contribution in [1.29, 1.82) is 0 Å². The molecule has 5 heteroatoms. The molecule has 1 amide bonds. The molecule has 0 aromatic heterocycles. The number of rotatable bonds is 6. The molecule has 88 valence electrons. The second kappa shape index (κ2) is 6.76. The summed E-state index contributed by atoms with van der Waals surface area (Å²) in [7, 11) is 0. The van der Waals surface area contributed by atoms with Crippen LogP contribution in [-0.4, -0.2) is 56.2 Å². The van der Waals surface area contributed by atoms with Crippen LogP contribution in [0.5, 0.6) is 0 Å². The molecular weight excluding hydrogens is 194 g/mol. The highest BCUT2D eigenvalue weighted by Crippen LogP contribution is 2.01. The number of nitrogens with zero attached hydrogens (tertiary/aromatic N) is 1. The number of nitrogens with two attached hydrogens (primary N) is 1. The number of hydrogen-bond acceptors (Lipinski definition) is 4. The Bertz CT molecular complexity index is 199. The van der Waals surface area contributed by atoms with Gasteiger partial charge in [-0.05, 0) is 13.3 Å². The molecule has 5 nitrogen and oxygen atoms in total. The van der Waals surface area contributed by atoms with E-state index >= 15 is 0 Å². The van der Waals surface area contributed by atoms with E-state index in [2.05, 4.69) is 10.2 Å². The van der Waals surface area contributed by atoms with Crippen LogP contribution < -0.4 is 11.1 Å². The SMILES string of the molecule is CCOC(CN)CCN1CCNC(=O)C1.